The fraction of sp³-hybridized carbons (Fsp3) is 0.556. The summed E-state index contributed by atoms with van der Waals surface area (Å²) >= 11 is 0. The highest BCUT2D eigenvalue weighted by atomic mass is 19.4. The number of carboxylic acid groups (broad SMARTS) is 1. The van der Waals surface area contributed by atoms with Crippen LogP contribution in [0, 0.1) is 0 Å². The zero-order valence-electron chi connectivity index (χ0n) is 14.8. The van der Waals surface area contributed by atoms with Gasteiger partial charge in [-0.25, -0.2) is 0 Å². The van der Waals surface area contributed by atoms with Crippen molar-refractivity contribution < 1.29 is 27.9 Å². The maximum Gasteiger partial charge on any atom is 0.416 e. The molecule has 2 aliphatic rings. The Morgan fingerprint density at radius 2 is 1.81 bits per heavy atom. The molecule has 0 radical (unpaired) electrons. The first-order valence-corrected chi connectivity index (χ1v) is 8.92. The van der Waals surface area contributed by atoms with Crippen LogP contribution in [0.15, 0.2) is 24.3 Å². The number of aliphatic carboxylic acids is 1. The van der Waals surface area contributed by atoms with Crippen molar-refractivity contribution in [3.05, 3.63) is 29.8 Å². The van der Waals surface area contributed by atoms with Crippen molar-refractivity contribution in [3.63, 3.8) is 0 Å². The van der Waals surface area contributed by atoms with Crippen LogP contribution in [-0.4, -0.2) is 72.1 Å². The van der Waals surface area contributed by atoms with E-state index < -0.39 is 23.8 Å². The molecule has 9 heteroatoms. The van der Waals surface area contributed by atoms with Crippen LogP contribution in [-0.2, 0) is 15.8 Å². The fourth-order valence-electron chi connectivity index (χ4n) is 3.66. The van der Waals surface area contributed by atoms with Crippen molar-refractivity contribution in [2.45, 2.75) is 25.1 Å². The lowest BCUT2D eigenvalue weighted by Crippen LogP contribution is -2.52. The van der Waals surface area contributed by atoms with Gasteiger partial charge in [0.15, 0.2) is 0 Å². The molecular formula is C18H22F3N3O3. The molecule has 6 nitrogen and oxygen atoms in total. The SMILES string of the molecule is O=C(O)[C@@H]1CCCN1CC(=O)N1CCN(c2cccc(C(F)(F)F)c2)CC1. The number of carbonyl (C=O) groups excluding carboxylic acids is 1. The van der Waals surface area contributed by atoms with Gasteiger partial charge in [0.2, 0.25) is 5.91 Å². The molecule has 1 amide bonds. The number of rotatable bonds is 4. The predicted molar refractivity (Wildman–Crippen MR) is 92.5 cm³/mol. The monoisotopic (exact) mass is 385 g/mol. The first kappa shape index (κ1) is 19.5. The van der Waals surface area contributed by atoms with Gasteiger partial charge in [0, 0.05) is 31.9 Å². The van der Waals surface area contributed by atoms with Gasteiger partial charge in [-0.3, -0.25) is 14.5 Å². The van der Waals surface area contributed by atoms with Crippen LogP contribution in [0.3, 0.4) is 0 Å². The van der Waals surface area contributed by atoms with Crippen LogP contribution in [0.25, 0.3) is 0 Å². The Morgan fingerprint density at radius 3 is 2.44 bits per heavy atom. The number of hydrogen-bond donors (Lipinski definition) is 1. The molecule has 0 aromatic heterocycles. The van der Waals surface area contributed by atoms with Gasteiger partial charge < -0.3 is 14.9 Å². The molecule has 0 saturated carbocycles. The molecule has 2 saturated heterocycles. The highest BCUT2D eigenvalue weighted by molar-refractivity contribution is 5.80. The lowest BCUT2D eigenvalue weighted by molar-refractivity contribution is -0.143. The van der Waals surface area contributed by atoms with Crippen LogP contribution >= 0.6 is 0 Å². The number of carbonyl (C=O) groups is 2. The van der Waals surface area contributed by atoms with Crippen molar-refractivity contribution in [2.75, 3.05) is 44.2 Å². The largest absolute Gasteiger partial charge is 0.480 e. The topological polar surface area (TPSA) is 64.1 Å². The third kappa shape index (κ3) is 4.52. The lowest BCUT2D eigenvalue weighted by atomic mass is 10.1. The average Bonchev–Trinajstić information content (AvgIpc) is 3.09. The Labute approximate surface area is 155 Å². The van der Waals surface area contributed by atoms with Crippen molar-refractivity contribution in [1.82, 2.24) is 9.80 Å². The van der Waals surface area contributed by atoms with Gasteiger partial charge in [-0.2, -0.15) is 13.2 Å². The maximum absolute atomic E-state index is 12.9. The molecule has 2 heterocycles. The Morgan fingerprint density at radius 1 is 1.11 bits per heavy atom. The number of hydrogen-bond acceptors (Lipinski definition) is 4. The van der Waals surface area contributed by atoms with Gasteiger partial charge in [0.25, 0.3) is 0 Å². The number of halogens is 3. The first-order chi connectivity index (χ1) is 12.8. The quantitative estimate of drug-likeness (QED) is 0.858. The molecule has 0 unspecified atom stereocenters. The van der Waals surface area contributed by atoms with Gasteiger partial charge in [-0.1, -0.05) is 6.07 Å². The van der Waals surface area contributed by atoms with Gasteiger partial charge in [0.05, 0.1) is 12.1 Å². The zero-order chi connectivity index (χ0) is 19.6. The summed E-state index contributed by atoms with van der Waals surface area (Å²) in [6.07, 6.45) is -3.08. The van der Waals surface area contributed by atoms with E-state index in [1.165, 1.54) is 6.07 Å². The molecule has 0 aliphatic carbocycles. The van der Waals surface area contributed by atoms with Crippen LogP contribution in [0.5, 0.6) is 0 Å². The molecule has 2 fully saturated rings. The minimum atomic E-state index is -4.38. The summed E-state index contributed by atoms with van der Waals surface area (Å²) in [5.74, 6) is -1.04. The molecule has 148 valence electrons. The summed E-state index contributed by atoms with van der Waals surface area (Å²) in [6.45, 7) is 2.35. The van der Waals surface area contributed by atoms with Crippen LogP contribution in [0.2, 0.25) is 0 Å². The van der Waals surface area contributed by atoms with Crippen molar-refractivity contribution in [2.24, 2.45) is 0 Å². The molecule has 1 aromatic rings. The number of amides is 1. The zero-order valence-corrected chi connectivity index (χ0v) is 14.8. The van der Waals surface area contributed by atoms with E-state index >= 15 is 0 Å². The summed E-state index contributed by atoms with van der Waals surface area (Å²) in [5, 5.41) is 9.19. The van der Waals surface area contributed by atoms with Gasteiger partial charge in [0.1, 0.15) is 6.04 Å². The van der Waals surface area contributed by atoms with E-state index in [9.17, 15) is 27.9 Å². The summed E-state index contributed by atoms with van der Waals surface area (Å²) in [4.78, 5) is 28.9. The molecule has 1 N–H and O–H groups in total. The Balaban J connectivity index is 1.56. The maximum atomic E-state index is 12.9. The van der Waals surface area contributed by atoms with E-state index in [0.717, 1.165) is 18.6 Å². The highest BCUT2D eigenvalue weighted by Gasteiger charge is 2.34. The summed E-state index contributed by atoms with van der Waals surface area (Å²) in [6, 6.07) is 4.57. The minimum absolute atomic E-state index is 0.0700. The standard InChI is InChI=1S/C18H22F3N3O3/c19-18(20,21)13-3-1-4-14(11-13)22-7-9-23(10-8-22)16(25)12-24-6-2-5-15(24)17(26)27/h1,3-4,11,15H,2,5-10,12H2,(H,26,27)/t15-/m0/s1. The number of benzene rings is 1. The smallest absolute Gasteiger partial charge is 0.416 e. The second-order valence-electron chi connectivity index (χ2n) is 6.88. The predicted octanol–water partition coefficient (Wildman–Crippen LogP) is 1.90. The molecule has 1 aromatic carbocycles. The fourth-order valence-corrected chi connectivity index (χ4v) is 3.66. The van der Waals surface area contributed by atoms with E-state index in [1.54, 1.807) is 15.9 Å². The van der Waals surface area contributed by atoms with E-state index in [0.29, 0.717) is 44.8 Å². The van der Waals surface area contributed by atoms with Gasteiger partial charge in [-0.15, -0.1) is 0 Å². The molecule has 3 rings (SSSR count). The van der Waals surface area contributed by atoms with Crippen molar-refractivity contribution in [3.8, 4) is 0 Å². The average molecular weight is 385 g/mol. The minimum Gasteiger partial charge on any atom is -0.480 e. The van der Waals surface area contributed by atoms with Crippen LogP contribution in [0.4, 0.5) is 18.9 Å². The molecule has 27 heavy (non-hydrogen) atoms. The third-order valence-electron chi connectivity index (χ3n) is 5.16. The molecule has 1 atom stereocenters. The first-order valence-electron chi connectivity index (χ1n) is 8.92. The summed E-state index contributed by atoms with van der Waals surface area (Å²) < 4.78 is 38.6. The normalized spacial score (nSPS) is 21.5. The Kier molecular flexibility index (Phi) is 5.59. The Hall–Kier alpha value is -2.29. The van der Waals surface area contributed by atoms with Gasteiger partial charge >= 0.3 is 12.1 Å². The van der Waals surface area contributed by atoms with E-state index in [2.05, 4.69) is 0 Å². The lowest BCUT2D eigenvalue weighted by Gasteiger charge is -2.37. The highest BCUT2D eigenvalue weighted by Crippen LogP contribution is 2.31. The van der Waals surface area contributed by atoms with Gasteiger partial charge in [-0.05, 0) is 37.6 Å². The van der Waals surface area contributed by atoms with Crippen LogP contribution in [0.1, 0.15) is 18.4 Å². The number of likely N-dealkylation sites (tertiary alicyclic amines) is 1. The summed E-state index contributed by atoms with van der Waals surface area (Å²) in [7, 11) is 0. The second kappa shape index (κ2) is 7.75. The number of carboxylic acids is 1. The van der Waals surface area contributed by atoms with E-state index in [1.807, 2.05) is 4.90 Å². The number of anilines is 1. The van der Waals surface area contributed by atoms with E-state index in [-0.39, 0.29) is 12.5 Å². The molecule has 2 aliphatic heterocycles. The van der Waals surface area contributed by atoms with Crippen molar-refractivity contribution >= 4 is 17.6 Å². The third-order valence-corrected chi connectivity index (χ3v) is 5.16. The summed E-state index contributed by atoms with van der Waals surface area (Å²) in [5.41, 5.74) is -0.199. The molecule has 0 spiro atoms. The molecular weight excluding hydrogens is 363 g/mol. The Bertz CT molecular complexity index is 703. The molecule has 0 bridgehead atoms. The second-order valence-corrected chi connectivity index (χ2v) is 6.88. The van der Waals surface area contributed by atoms with E-state index in [4.69, 9.17) is 0 Å². The number of alkyl halides is 3. The number of nitrogens with zero attached hydrogens (tertiary/aromatic N) is 3. The van der Waals surface area contributed by atoms with Crippen molar-refractivity contribution in [1.29, 1.82) is 0 Å². The number of piperazine rings is 1. The van der Waals surface area contributed by atoms with Crippen LogP contribution < -0.4 is 4.90 Å².